The molecular formula is C20H22FN3O3. The Bertz CT molecular complexity index is 775. The molecule has 1 aliphatic heterocycles. The summed E-state index contributed by atoms with van der Waals surface area (Å²) in [5, 5.41) is 12.0. The molecule has 2 N–H and O–H groups in total. The van der Waals surface area contributed by atoms with E-state index in [1.807, 2.05) is 30.3 Å². The number of urea groups is 1. The highest BCUT2D eigenvalue weighted by molar-refractivity contribution is 5.83. The van der Waals surface area contributed by atoms with Crippen molar-refractivity contribution in [3.8, 4) is 0 Å². The van der Waals surface area contributed by atoms with Gasteiger partial charge in [-0.05, 0) is 29.8 Å². The number of nitrogens with zero attached hydrogens (tertiary/aromatic N) is 2. The molecule has 1 saturated heterocycles. The average Bonchev–Trinajstić information content (AvgIpc) is 2.69. The molecule has 1 fully saturated rings. The number of halogens is 1. The maximum absolute atomic E-state index is 13.0. The number of carboxylic acid groups (broad SMARTS) is 1. The van der Waals surface area contributed by atoms with Crippen LogP contribution in [0.2, 0.25) is 0 Å². The zero-order chi connectivity index (χ0) is 19.2. The second kappa shape index (κ2) is 8.53. The number of hydrogen-bond donors (Lipinski definition) is 2. The van der Waals surface area contributed by atoms with E-state index in [4.69, 9.17) is 0 Å². The molecule has 1 unspecified atom stereocenters. The number of piperazine rings is 1. The van der Waals surface area contributed by atoms with Crippen LogP contribution in [0, 0.1) is 5.82 Å². The first-order valence-electron chi connectivity index (χ1n) is 8.85. The number of carboxylic acids is 1. The van der Waals surface area contributed by atoms with Gasteiger partial charge in [0.1, 0.15) is 11.9 Å². The number of benzene rings is 2. The van der Waals surface area contributed by atoms with Gasteiger partial charge >= 0.3 is 12.0 Å². The Morgan fingerprint density at radius 3 is 2.22 bits per heavy atom. The normalized spacial score (nSPS) is 15.3. The topological polar surface area (TPSA) is 72.9 Å². The molecule has 27 heavy (non-hydrogen) atoms. The summed E-state index contributed by atoms with van der Waals surface area (Å²) < 4.78 is 13.0. The van der Waals surface area contributed by atoms with E-state index >= 15 is 0 Å². The third-order valence-electron chi connectivity index (χ3n) is 4.64. The number of rotatable bonds is 5. The number of hydrogen-bond acceptors (Lipinski definition) is 3. The highest BCUT2D eigenvalue weighted by Gasteiger charge is 2.26. The van der Waals surface area contributed by atoms with Crippen molar-refractivity contribution >= 4 is 17.7 Å². The van der Waals surface area contributed by atoms with Gasteiger partial charge in [-0.2, -0.15) is 0 Å². The van der Waals surface area contributed by atoms with Gasteiger partial charge in [-0.15, -0.1) is 0 Å². The SMILES string of the molecule is O=C(O)C(Cc1ccccc1)NC(=O)N1CCN(c2ccc(F)cc2)CC1. The Morgan fingerprint density at radius 2 is 1.63 bits per heavy atom. The fourth-order valence-electron chi connectivity index (χ4n) is 3.11. The van der Waals surface area contributed by atoms with Crippen LogP contribution in [0.3, 0.4) is 0 Å². The molecule has 6 nitrogen and oxygen atoms in total. The van der Waals surface area contributed by atoms with Crippen molar-refractivity contribution in [2.45, 2.75) is 12.5 Å². The minimum absolute atomic E-state index is 0.234. The molecule has 2 aromatic carbocycles. The largest absolute Gasteiger partial charge is 0.480 e. The van der Waals surface area contributed by atoms with Gasteiger partial charge in [-0.1, -0.05) is 30.3 Å². The molecule has 0 aliphatic carbocycles. The standard InChI is InChI=1S/C20H22FN3O3/c21-16-6-8-17(9-7-16)23-10-12-24(13-11-23)20(27)22-18(19(25)26)14-15-4-2-1-3-5-15/h1-9,18H,10-14H2,(H,22,27)(H,25,26). The molecule has 3 rings (SSSR count). The molecule has 7 heteroatoms. The van der Waals surface area contributed by atoms with E-state index in [0.717, 1.165) is 11.3 Å². The third-order valence-corrected chi connectivity index (χ3v) is 4.64. The summed E-state index contributed by atoms with van der Waals surface area (Å²) in [6.45, 7) is 2.16. The zero-order valence-electron chi connectivity index (χ0n) is 14.8. The molecule has 0 saturated carbocycles. The molecule has 2 aromatic rings. The number of carbonyl (C=O) groups is 2. The van der Waals surface area contributed by atoms with Crippen molar-refractivity contribution in [1.29, 1.82) is 0 Å². The first-order chi connectivity index (χ1) is 13.0. The van der Waals surface area contributed by atoms with Gasteiger partial charge in [0.15, 0.2) is 0 Å². The van der Waals surface area contributed by atoms with Crippen LogP contribution in [0.15, 0.2) is 54.6 Å². The number of amides is 2. The van der Waals surface area contributed by atoms with Crippen molar-refractivity contribution in [3.63, 3.8) is 0 Å². The third kappa shape index (κ3) is 4.97. The first-order valence-corrected chi connectivity index (χ1v) is 8.85. The molecular weight excluding hydrogens is 349 g/mol. The summed E-state index contributed by atoms with van der Waals surface area (Å²) in [6.07, 6.45) is 0.234. The fraction of sp³-hybridized carbons (Fsp3) is 0.300. The van der Waals surface area contributed by atoms with Gasteiger partial charge < -0.3 is 20.2 Å². The van der Waals surface area contributed by atoms with Gasteiger partial charge in [0.25, 0.3) is 0 Å². The van der Waals surface area contributed by atoms with E-state index < -0.39 is 12.0 Å². The second-order valence-electron chi connectivity index (χ2n) is 6.48. The molecule has 0 aromatic heterocycles. The number of aliphatic carboxylic acids is 1. The molecule has 1 heterocycles. The minimum atomic E-state index is -1.06. The number of anilines is 1. The monoisotopic (exact) mass is 371 g/mol. The van der Waals surface area contributed by atoms with Crippen LogP contribution in [-0.2, 0) is 11.2 Å². The van der Waals surface area contributed by atoms with E-state index in [9.17, 15) is 19.1 Å². The molecule has 0 spiro atoms. The Morgan fingerprint density at radius 1 is 1.00 bits per heavy atom. The number of nitrogens with one attached hydrogen (secondary N) is 1. The number of carbonyl (C=O) groups excluding carboxylic acids is 1. The van der Waals surface area contributed by atoms with Crippen LogP contribution in [0.5, 0.6) is 0 Å². The predicted octanol–water partition coefficient (Wildman–Crippen LogP) is 2.35. The quantitative estimate of drug-likeness (QED) is 0.846. The average molecular weight is 371 g/mol. The molecule has 0 radical (unpaired) electrons. The maximum atomic E-state index is 13.0. The fourth-order valence-corrected chi connectivity index (χ4v) is 3.11. The zero-order valence-corrected chi connectivity index (χ0v) is 14.8. The lowest BCUT2D eigenvalue weighted by atomic mass is 10.1. The van der Waals surface area contributed by atoms with E-state index in [1.165, 1.54) is 12.1 Å². The van der Waals surface area contributed by atoms with Crippen LogP contribution >= 0.6 is 0 Å². The predicted molar refractivity (Wildman–Crippen MR) is 100 cm³/mol. The van der Waals surface area contributed by atoms with Gasteiger partial charge in [-0.3, -0.25) is 0 Å². The molecule has 1 aliphatic rings. The van der Waals surface area contributed by atoms with E-state index in [1.54, 1.807) is 17.0 Å². The Balaban J connectivity index is 1.54. The van der Waals surface area contributed by atoms with Crippen molar-refractivity contribution in [2.75, 3.05) is 31.1 Å². The summed E-state index contributed by atoms with van der Waals surface area (Å²) in [6, 6.07) is 14.1. The van der Waals surface area contributed by atoms with Gasteiger partial charge in [0, 0.05) is 38.3 Å². The lowest BCUT2D eigenvalue weighted by Gasteiger charge is -2.36. The van der Waals surface area contributed by atoms with E-state index in [0.29, 0.717) is 26.2 Å². The van der Waals surface area contributed by atoms with Crippen molar-refractivity contribution in [1.82, 2.24) is 10.2 Å². The Hall–Kier alpha value is -3.09. The first kappa shape index (κ1) is 18.7. The Kier molecular flexibility index (Phi) is 5.90. The lowest BCUT2D eigenvalue weighted by Crippen LogP contribution is -2.55. The van der Waals surface area contributed by atoms with Crippen molar-refractivity contribution < 1.29 is 19.1 Å². The molecule has 2 amide bonds. The van der Waals surface area contributed by atoms with Crippen molar-refractivity contribution in [2.24, 2.45) is 0 Å². The summed E-state index contributed by atoms with van der Waals surface area (Å²) >= 11 is 0. The van der Waals surface area contributed by atoms with E-state index in [-0.39, 0.29) is 18.3 Å². The van der Waals surface area contributed by atoms with Gasteiger partial charge in [0.05, 0.1) is 0 Å². The van der Waals surface area contributed by atoms with E-state index in [2.05, 4.69) is 10.2 Å². The summed E-state index contributed by atoms with van der Waals surface area (Å²) in [4.78, 5) is 27.7. The lowest BCUT2D eigenvalue weighted by molar-refractivity contribution is -0.139. The van der Waals surface area contributed by atoms with Crippen LogP contribution in [0.4, 0.5) is 14.9 Å². The molecule has 0 bridgehead atoms. The van der Waals surface area contributed by atoms with Crippen LogP contribution in [0.25, 0.3) is 0 Å². The summed E-state index contributed by atoms with van der Waals surface area (Å²) in [5.74, 6) is -1.34. The molecule has 1 atom stereocenters. The smallest absolute Gasteiger partial charge is 0.326 e. The van der Waals surface area contributed by atoms with Crippen LogP contribution in [0.1, 0.15) is 5.56 Å². The van der Waals surface area contributed by atoms with Crippen LogP contribution < -0.4 is 10.2 Å². The Labute approximate surface area is 157 Å². The van der Waals surface area contributed by atoms with Crippen molar-refractivity contribution in [3.05, 3.63) is 66.0 Å². The highest BCUT2D eigenvalue weighted by atomic mass is 19.1. The van der Waals surface area contributed by atoms with Gasteiger partial charge in [-0.25, -0.2) is 14.0 Å². The molecule has 142 valence electrons. The maximum Gasteiger partial charge on any atom is 0.326 e. The highest BCUT2D eigenvalue weighted by Crippen LogP contribution is 2.17. The van der Waals surface area contributed by atoms with Crippen LogP contribution in [-0.4, -0.2) is 54.2 Å². The minimum Gasteiger partial charge on any atom is -0.480 e. The van der Waals surface area contributed by atoms with Gasteiger partial charge in [0.2, 0.25) is 0 Å². The summed E-state index contributed by atoms with van der Waals surface area (Å²) in [7, 11) is 0. The second-order valence-corrected chi connectivity index (χ2v) is 6.48. The summed E-state index contributed by atoms with van der Waals surface area (Å²) in [5.41, 5.74) is 1.76.